The van der Waals surface area contributed by atoms with Gasteiger partial charge in [0.2, 0.25) is 0 Å². The second kappa shape index (κ2) is 7.27. The predicted octanol–water partition coefficient (Wildman–Crippen LogP) is 3.80. The van der Waals surface area contributed by atoms with Crippen LogP contribution < -0.4 is 5.32 Å². The van der Waals surface area contributed by atoms with Crippen LogP contribution in [0.3, 0.4) is 0 Å². The van der Waals surface area contributed by atoms with Gasteiger partial charge >= 0.3 is 0 Å². The lowest BCUT2D eigenvalue weighted by Crippen LogP contribution is -2.26. The van der Waals surface area contributed by atoms with Crippen LogP contribution in [-0.4, -0.2) is 22.5 Å². The maximum atomic E-state index is 12.2. The Bertz CT molecular complexity index is 841. The van der Waals surface area contributed by atoms with Gasteiger partial charge in [-0.1, -0.05) is 18.2 Å². The number of aryl methyl sites for hydroxylation is 1. The molecule has 1 aromatic heterocycles. The molecule has 0 fully saturated rings. The minimum Gasteiger partial charge on any atom is -0.508 e. The summed E-state index contributed by atoms with van der Waals surface area (Å²) in [6.45, 7) is 2.48. The molecule has 3 rings (SSSR count). The lowest BCUT2D eigenvalue weighted by molar-refractivity contribution is 0.0953. The van der Waals surface area contributed by atoms with E-state index in [9.17, 15) is 9.90 Å². The minimum absolute atomic E-state index is 0.0524. The summed E-state index contributed by atoms with van der Waals surface area (Å²) in [7, 11) is 0. The number of rotatable bonds is 5. The molecule has 5 heteroatoms. The molecule has 0 saturated carbocycles. The summed E-state index contributed by atoms with van der Waals surface area (Å²) in [6.07, 6.45) is 0.695. The van der Waals surface area contributed by atoms with Gasteiger partial charge in [0.1, 0.15) is 5.75 Å². The normalized spacial score (nSPS) is 10.5. The Morgan fingerprint density at radius 2 is 1.92 bits per heavy atom. The third-order valence-corrected chi connectivity index (χ3v) is 4.64. The summed E-state index contributed by atoms with van der Waals surface area (Å²) < 4.78 is 0. The molecule has 0 aliphatic rings. The van der Waals surface area contributed by atoms with Crippen LogP contribution in [-0.2, 0) is 6.42 Å². The molecule has 0 saturated heterocycles. The Hall–Kier alpha value is -2.66. The zero-order chi connectivity index (χ0) is 16.9. The first kappa shape index (κ1) is 16.2. The molecular weight excluding hydrogens is 320 g/mol. The molecule has 0 aliphatic heterocycles. The summed E-state index contributed by atoms with van der Waals surface area (Å²) in [5.74, 6) is 0.191. The number of hydrogen-bond donors (Lipinski definition) is 2. The Morgan fingerprint density at radius 1 is 1.17 bits per heavy atom. The van der Waals surface area contributed by atoms with E-state index >= 15 is 0 Å². The van der Waals surface area contributed by atoms with Gasteiger partial charge in [-0.2, -0.15) is 0 Å². The average Bonchev–Trinajstić information content (AvgIpc) is 3.04. The first-order valence-electron chi connectivity index (χ1n) is 7.71. The van der Waals surface area contributed by atoms with Crippen molar-refractivity contribution < 1.29 is 9.90 Å². The highest BCUT2D eigenvalue weighted by atomic mass is 32.1. The van der Waals surface area contributed by atoms with E-state index in [1.54, 1.807) is 23.5 Å². The van der Waals surface area contributed by atoms with Gasteiger partial charge in [0.05, 0.1) is 10.7 Å². The van der Waals surface area contributed by atoms with Gasteiger partial charge in [0.25, 0.3) is 5.91 Å². The zero-order valence-electron chi connectivity index (χ0n) is 13.3. The van der Waals surface area contributed by atoms with E-state index < -0.39 is 0 Å². The summed E-state index contributed by atoms with van der Waals surface area (Å²) >= 11 is 1.57. The topological polar surface area (TPSA) is 62.2 Å². The van der Waals surface area contributed by atoms with Crippen LogP contribution in [0.1, 0.15) is 20.9 Å². The molecule has 0 radical (unpaired) electrons. The summed E-state index contributed by atoms with van der Waals surface area (Å²) in [5, 5.41) is 15.2. The number of amides is 1. The number of phenols is 1. The van der Waals surface area contributed by atoms with Gasteiger partial charge < -0.3 is 10.4 Å². The van der Waals surface area contributed by atoms with Crippen LogP contribution in [0.15, 0.2) is 53.9 Å². The molecule has 4 nitrogen and oxygen atoms in total. The smallest absolute Gasteiger partial charge is 0.251 e. The average molecular weight is 338 g/mol. The number of nitrogens with zero attached hydrogens (tertiary/aromatic N) is 1. The van der Waals surface area contributed by atoms with E-state index in [0.29, 0.717) is 18.5 Å². The van der Waals surface area contributed by atoms with Crippen molar-refractivity contribution in [3.05, 3.63) is 70.0 Å². The maximum absolute atomic E-state index is 12.2. The fourth-order valence-electron chi connectivity index (χ4n) is 2.40. The van der Waals surface area contributed by atoms with Gasteiger partial charge in [-0.05, 0) is 42.8 Å². The summed E-state index contributed by atoms with van der Waals surface area (Å²) in [4.78, 5) is 16.7. The number of nitrogens with one attached hydrogen (secondary N) is 1. The highest BCUT2D eigenvalue weighted by molar-refractivity contribution is 7.09. The van der Waals surface area contributed by atoms with Gasteiger partial charge in [-0.25, -0.2) is 4.98 Å². The molecule has 0 atom stereocenters. The van der Waals surface area contributed by atoms with Crippen LogP contribution in [0.2, 0.25) is 0 Å². The molecule has 3 aromatic rings. The number of aromatic nitrogens is 1. The van der Waals surface area contributed by atoms with Crippen molar-refractivity contribution in [2.75, 3.05) is 6.54 Å². The molecule has 0 unspecified atom stereocenters. The van der Waals surface area contributed by atoms with Crippen molar-refractivity contribution in [1.29, 1.82) is 0 Å². The van der Waals surface area contributed by atoms with E-state index in [4.69, 9.17) is 0 Å². The van der Waals surface area contributed by atoms with Gasteiger partial charge in [0.15, 0.2) is 0 Å². The molecule has 0 bridgehead atoms. The number of phenolic OH excluding ortho intramolecular Hbond substituents is 1. The van der Waals surface area contributed by atoms with Crippen molar-refractivity contribution in [3.8, 4) is 17.0 Å². The lowest BCUT2D eigenvalue weighted by Gasteiger charge is -2.06. The van der Waals surface area contributed by atoms with E-state index in [-0.39, 0.29) is 11.7 Å². The number of aromatic hydroxyl groups is 1. The number of carbonyl (C=O) groups excluding carboxylic acids is 1. The highest BCUT2D eigenvalue weighted by Gasteiger charge is 2.09. The Morgan fingerprint density at radius 3 is 2.67 bits per heavy atom. The quantitative estimate of drug-likeness (QED) is 0.744. The van der Waals surface area contributed by atoms with Crippen LogP contribution in [0.25, 0.3) is 11.3 Å². The summed E-state index contributed by atoms with van der Waals surface area (Å²) in [6, 6.07) is 14.5. The predicted molar refractivity (Wildman–Crippen MR) is 96.4 cm³/mol. The fourth-order valence-corrected chi connectivity index (χ4v) is 3.20. The zero-order valence-corrected chi connectivity index (χ0v) is 14.1. The highest BCUT2D eigenvalue weighted by Crippen LogP contribution is 2.23. The molecule has 24 heavy (non-hydrogen) atoms. The van der Waals surface area contributed by atoms with Crippen molar-refractivity contribution in [3.63, 3.8) is 0 Å². The summed E-state index contributed by atoms with van der Waals surface area (Å²) in [5.41, 5.74) is 3.54. The molecule has 0 aliphatic carbocycles. The SMILES string of the molecule is Cc1ccccc1C(=O)NCCc1nc(-c2ccc(O)cc2)cs1. The van der Waals surface area contributed by atoms with Crippen LogP contribution >= 0.6 is 11.3 Å². The molecule has 1 amide bonds. The Balaban J connectivity index is 1.57. The molecule has 2 aromatic carbocycles. The third kappa shape index (κ3) is 3.81. The van der Waals surface area contributed by atoms with E-state index in [1.807, 2.05) is 48.7 Å². The Kier molecular flexibility index (Phi) is 4.91. The fraction of sp³-hybridized carbons (Fsp3) is 0.158. The first-order chi connectivity index (χ1) is 11.6. The van der Waals surface area contributed by atoms with Crippen molar-refractivity contribution in [2.45, 2.75) is 13.3 Å². The Labute approximate surface area is 144 Å². The monoisotopic (exact) mass is 338 g/mol. The third-order valence-electron chi connectivity index (χ3n) is 3.73. The lowest BCUT2D eigenvalue weighted by atomic mass is 10.1. The van der Waals surface area contributed by atoms with Crippen molar-refractivity contribution in [1.82, 2.24) is 10.3 Å². The van der Waals surface area contributed by atoms with Crippen LogP contribution in [0.5, 0.6) is 5.75 Å². The minimum atomic E-state index is -0.0524. The van der Waals surface area contributed by atoms with E-state index in [0.717, 1.165) is 21.8 Å². The number of benzene rings is 2. The second-order valence-electron chi connectivity index (χ2n) is 5.49. The molecule has 1 heterocycles. The maximum Gasteiger partial charge on any atom is 0.251 e. The second-order valence-corrected chi connectivity index (χ2v) is 6.44. The molecule has 0 spiro atoms. The number of carbonyl (C=O) groups is 1. The van der Waals surface area contributed by atoms with Crippen molar-refractivity contribution in [2.24, 2.45) is 0 Å². The standard InChI is InChI=1S/C19H18N2O2S/c1-13-4-2-3-5-16(13)19(23)20-11-10-18-21-17(12-24-18)14-6-8-15(22)9-7-14/h2-9,12,22H,10-11H2,1H3,(H,20,23). The van der Waals surface area contributed by atoms with Crippen LogP contribution in [0, 0.1) is 6.92 Å². The van der Waals surface area contributed by atoms with E-state index in [2.05, 4.69) is 10.3 Å². The molecular formula is C19H18N2O2S. The number of thiazole rings is 1. The van der Waals surface area contributed by atoms with Crippen LogP contribution in [0.4, 0.5) is 0 Å². The number of hydrogen-bond acceptors (Lipinski definition) is 4. The molecule has 122 valence electrons. The largest absolute Gasteiger partial charge is 0.508 e. The van der Waals surface area contributed by atoms with Crippen molar-refractivity contribution >= 4 is 17.2 Å². The van der Waals surface area contributed by atoms with E-state index in [1.165, 1.54) is 0 Å². The van der Waals surface area contributed by atoms with Gasteiger partial charge in [-0.3, -0.25) is 4.79 Å². The molecule has 2 N–H and O–H groups in total. The first-order valence-corrected chi connectivity index (χ1v) is 8.59. The van der Waals surface area contributed by atoms with Gasteiger partial charge in [-0.15, -0.1) is 11.3 Å². The van der Waals surface area contributed by atoms with Gasteiger partial charge in [0, 0.05) is 29.5 Å².